The monoisotopic (exact) mass is 294 g/mol. The van der Waals surface area contributed by atoms with Gasteiger partial charge in [0.2, 0.25) is 5.91 Å². The van der Waals surface area contributed by atoms with Crippen LogP contribution in [0.3, 0.4) is 0 Å². The van der Waals surface area contributed by atoms with E-state index in [1.165, 1.54) is 0 Å². The van der Waals surface area contributed by atoms with Crippen LogP contribution in [0.4, 0.5) is 0 Å². The Bertz CT molecular complexity index is 476. The van der Waals surface area contributed by atoms with Gasteiger partial charge in [-0.05, 0) is 20.0 Å². The number of carbonyl (C=O) groups excluding carboxylic acids is 2. The van der Waals surface area contributed by atoms with E-state index in [1.54, 1.807) is 26.0 Å². The number of methoxy groups -OCH3 is 1. The van der Waals surface area contributed by atoms with Crippen LogP contribution in [0.5, 0.6) is 5.75 Å². The molecule has 0 heterocycles. The van der Waals surface area contributed by atoms with E-state index in [1.807, 2.05) is 24.3 Å². The Morgan fingerprint density at radius 1 is 1.24 bits per heavy atom. The lowest BCUT2D eigenvalue weighted by Crippen LogP contribution is -2.37. The number of benzene rings is 1. The zero-order valence-electron chi connectivity index (χ0n) is 12.7. The molecule has 0 aromatic heterocycles. The fourth-order valence-corrected chi connectivity index (χ4v) is 1.83. The normalized spacial score (nSPS) is 10.3. The number of nitrogens with one attached hydrogen (secondary N) is 1. The summed E-state index contributed by atoms with van der Waals surface area (Å²) in [6.07, 6.45) is 0. The number of ether oxygens (including phenoxy) is 2. The molecule has 6 heteroatoms. The Morgan fingerprint density at radius 3 is 2.62 bits per heavy atom. The molecule has 1 rings (SSSR count). The highest BCUT2D eigenvalue weighted by molar-refractivity contribution is 5.79. The van der Waals surface area contributed by atoms with Crippen LogP contribution in [-0.4, -0.2) is 50.6 Å². The predicted octanol–water partition coefficient (Wildman–Crippen LogP) is 0.806. The van der Waals surface area contributed by atoms with E-state index < -0.39 is 0 Å². The van der Waals surface area contributed by atoms with E-state index in [2.05, 4.69) is 5.32 Å². The minimum atomic E-state index is -0.336. The number of para-hydroxylation sites is 1. The second-order valence-electron chi connectivity index (χ2n) is 4.57. The smallest absolute Gasteiger partial charge is 0.320 e. The van der Waals surface area contributed by atoms with Crippen LogP contribution in [0.1, 0.15) is 12.5 Å². The van der Waals surface area contributed by atoms with Crippen LogP contribution in [0.15, 0.2) is 24.3 Å². The highest BCUT2D eigenvalue weighted by atomic mass is 16.5. The molecule has 0 saturated carbocycles. The third-order valence-electron chi connectivity index (χ3n) is 2.79. The van der Waals surface area contributed by atoms with Gasteiger partial charge in [0.1, 0.15) is 5.75 Å². The number of hydrogen-bond acceptors (Lipinski definition) is 5. The van der Waals surface area contributed by atoms with Crippen molar-refractivity contribution in [2.24, 2.45) is 0 Å². The number of likely N-dealkylation sites (N-methyl/N-ethyl adjacent to an activating group) is 1. The lowest BCUT2D eigenvalue weighted by molar-refractivity contribution is -0.144. The summed E-state index contributed by atoms with van der Waals surface area (Å²) >= 11 is 0. The molecule has 0 spiro atoms. The van der Waals surface area contributed by atoms with Crippen molar-refractivity contribution >= 4 is 11.9 Å². The van der Waals surface area contributed by atoms with Crippen molar-refractivity contribution in [3.63, 3.8) is 0 Å². The largest absolute Gasteiger partial charge is 0.496 e. The van der Waals surface area contributed by atoms with Crippen molar-refractivity contribution in [2.75, 3.05) is 33.9 Å². The second kappa shape index (κ2) is 8.97. The van der Waals surface area contributed by atoms with Crippen molar-refractivity contribution in [1.82, 2.24) is 10.2 Å². The fourth-order valence-electron chi connectivity index (χ4n) is 1.83. The van der Waals surface area contributed by atoms with Gasteiger partial charge < -0.3 is 14.8 Å². The van der Waals surface area contributed by atoms with Crippen molar-refractivity contribution < 1.29 is 19.1 Å². The maximum Gasteiger partial charge on any atom is 0.320 e. The summed E-state index contributed by atoms with van der Waals surface area (Å²) in [7, 11) is 3.29. The molecule has 0 radical (unpaired) electrons. The Labute approximate surface area is 125 Å². The third kappa shape index (κ3) is 6.27. The minimum absolute atomic E-state index is 0.0932. The van der Waals surface area contributed by atoms with Gasteiger partial charge in [-0.2, -0.15) is 0 Å². The van der Waals surface area contributed by atoms with E-state index in [4.69, 9.17) is 9.47 Å². The molecule has 21 heavy (non-hydrogen) atoms. The SMILES string of the molecule is CCOC(=O)CN(C)CC(=O)NCc1ccccc1OC. The summed E-state index contributed by atoms with van der Waals surface area (Å²) in [6, 6.07) is 7.49. The molecule has 0 aliphatic rings. The molecule has 116 valence electrons. The molecule has 1 aromatic carbocycles. The van der Waals surface area contributed by atoms with Crippen LogP contribution in [0.25, 0.3) is 0 Å². The van der Waals surface area contributed by atoms with Gasteiger partial charge in [0, 0.05) is 12.1 Å². The molecule has 6 nitrogen and oxygen atoms in total. The van der Waals surface area contributed by atoms with Crippen LogP contribution < -0.4 is 10.1 Å². The van der Waals surface area contributed by atoms with E-state index in [0.29, 0.717) is 13.2 Å². The van der Waals surface area contributed by atoms with Gasteiger partial charge in [-0.3, -0.25) is 14.5 Å². The van der Waals surface area contributed by atoms with Gasteiger partial charge in [-0.25, -0.2) is 0 Å². The van der Waals surface area contributed by atoms with Gasteiger partial charge in [0.25, 0.3) is 0 Å². The Morgan fingerprint density at radius 2 is 1.95 bits per heavy atom. The molecule has 1 N–H and O–H groups in total. The summed E-state index contributed by atoms with van der Waals surface area (Å²) in [5.74, 6) is 0.239. The second-order valence-corrected chi connectivity index (χ2v) is 4.57. The fraction of sp³-hybridized carbons (Fsp3) is 0.467. The molecule has 0 saturated heterocycles. The summed E-state index contributed by atoms with van der Waals surface area (Å²) in [5.41, 5.74) is 0.904. The molecule has 0 aliphatic heterocycles. The van der Waals surface area contributed by atoms with Crippen LogP contribution >= 0.6 is 0 Å². The number of nitrogens with zero attached hydrogens (tertiary/aromatic N) is 1. The Balaban J connectivity index is 2.38. The highest BCUT2D eigenvalue weighted by Gasteiger charge is 2.11. The van der Waals surface area contributed by atoms with Gasteiger partial charge in [-0.15, -0.1) is 0 Å². The molecule has 1 aromatic rings. The van der Waals surface area contributed by atoms with Crippen LogP contribution in [0, 0.1) is 0 Å². The minimum Gasteiger partial charge on any atom is -0.496 e. The first-order chi connectivity index (χ1) is 10.1. The lowest BCUT2D eigenvalue weighted by atomic mass is 10.2. The van der Waals surface area contributed by atoms with Gasteiger partial charge in [0.15, 0.2) is 0 Å². The van der Waals surface area contributed by atoms with Crippen molar-refractivity contribution in [2.45, 2.75) is 13.5 Å². The van der Waals surface area contributed by atoms with Gasteiger partial charge >= 0.3 is 5.97 Å². The van der Waals surface area contributed by atoms with Crippen LogP contribution in [0.2, 0.25) is 0 Å². The first-order valence-electron chi connectivity index (χ1n) is 6.79. The molecule has 0 aliphatic carbocycles. The van der Waals surface area contributed by atoms with Crippen LogP contribution in [-0.2, 0) is 20.9 Å². The zero-order valence-corrected chi connectivity index (χ0v) is 12.7. The van der Waals surface area contributed by atoms with E-state index in [9.17, 15) is 9.59 Å². The van der Waals surface area contributed by atoms with E-state index in [0.717, 1.165) is 11.3 Å². The summed E-state index contributed by atoms with van der Waals surface area (Å²) in [6.45, 7) is 2.70. The number of rotatable bonds is 8. The maximum atomic E-state index is 11.8. The van der Waals surface area contributed by atoms with Gasteiger partial charge in [0.05, 0.1) is 26.8 Å². The third-order valence-corrected chi connectivity index (χ3v) is 2.79. The predicted molar refractivity (Wildman–Crippen MR) is 79.0 cm³/mol. The van der Waals surface area contributed by atoms with E-state index >= 15 is 0 Å². The summed E-state index contributed by atoms with van der Waals surface area (Å²) in [5, 5.41) is 2.80. The first-order valence-corrected chi connectivity index (χ1v) is 6.79. The molecule has 0 unspecified atom stereocenters. The Hall–Kier alpha value is -2.08. The van der Waals surface area contributed by atoms with Crippen molar-refractivity contribution in [3.8, 4) is 5.75 Å². The Kier molecular flexibility index (Phi) is 7.25. The quantitative estimate of drug-likeness (QED) is 0.719. The molecule has 0 bridgehead atoms. The van der Waals surface area contributed by atoms with Gasteiger partial charge in [-0.1, -0.05) is 18.2 Å². The highest BCUT2D eigenvalue weighted by Crippen LogP contribution is 2.16. The van der Waals surface area contributed by atoms with Crippen molar-refractivity contribution in [3.05, 3.63) is 29.8 Å². The number of amides is 1. The standard InChI is InChI=1S/C15H22N2O4/c1-4-21-15(19)11-17(2)10-14(18)16-9-12-7-5-6-8-13(12)20-3/h5-8H,4,9-11H2,1-3H3,(H,16,18). The average Bonchev–Trinajstić information content (AvgIpc) is 2.45. The van der Waals surface area contributed by atoms with E-state index in [-0.39, 0.29) is 25.0 Å². The average molecular weight is 294 g/mol. The lowest BCUT2D eigenvalue weighted by Gasteiger charge is -2.15. The summed E-state index contributed by atoms with van der Waals surface area (Å²) in [4.78, 5) is 24.7. The van der Waals surface area contributed by atoms with Crippen molar-refractivity contribution in [1.29, 1.82) is 0 Å². The first kappa shape index (κ1) is 17.0. The molecular weight excluding hydrogens is 272 g/mol. The number of carbonyl (C=O) groups is 2. The summed E-state index contributed by atoms with van der Waals surface area (Å²) < 4.78 is 10.0. The molecule has 0 atom stereocenters. The maximum absolute atomic E-state index is 11.8. The number of esters is 1. The topological polar surface area (TPSA) is 67.9 Å². The molecular formula is C15H22N2O4. The zero-order chi connectivity index (χ0) is 15.7. The molecule has 1 amide bonds. The number of hydrogen-bond donors (Lipinski definition) is 1. The molecule has 0 fully saturated rings.